The molecule has 3 aromatic heterocycles. The quantitative estimate of drug-likeness (QED) is 0.438. The average Bonchev–Trinajstić information content (AvgIpc) is 3.49. The molecule has 0 saturated heterocycles. The fourth-order valence-electron chi connectivity index (χ4n) is 3.57. The second kappa shape index (κ2) is 7.35. The van der Waals surface area contributed by atoms with Crippen LogP contribution in [-0.2, 0) is 16.2 Å². The van der Waals surface area contributed by atoms with Crippen LogP contribution in [0.25, 0.3) is 22.2 Å². The molecule has 0 bridgehead atoms. The van der Waals surface area contributed by atoms with Gasteiger partial charge in [0.25, 0.3) is 0 Å². The van der Waals surface area contributed by atoms with Crippen molar-refractivity contribution in [2.75, 3.05) is 7.11 Å². The van der Waals surface area contributed by atoms with Crippen molar-refractivity contribution in [3.8, 4) is 17.0 Å². The zero-order valence-corrected chi connectivity index (χ0v) is 16.7. The highest BCUT2D eigenvalue weighted by atomic mass is 35.5. The predicted octanol–water partition coefficient (Wildman–Crippen LogP) is 4.66. The standard InChI is InChI=1S/C22H16ClN3O4/c1-28-21-8-14-7-19(13-5-6-29-12-13)26(20(14)9-16(21)23)11-15-3-2-4-17(24-15)18-10-22(27)30-25-18/h2-9,12H,10-11H2,1H3. The van der Waals surface area contributed by atoms with Crippen molar-refractivity contribution in [3.05, 3.63) is 71.4 Å². The molecular weight excluding hydrogens is 406 g/mol. The number of rotatable bonds is 5. The Morgan fingerprint density at radius 3 is 2.87 bits per heavy atom. The third-order valence-corrected chi connectivity index (χ3v) is 5.28. The number of oxime groups is 1. The van der Waals surface area contributed by atoms with Crippen LogP contribution >= 0.6 is 11.6 Å². The van der Waals surface area contributed by atoms with E-state index < -0.39 is 0 Å². The Kier molecular flexibility index (Phi) is 4.52. The van der Waals surface area contributed by atoms with Gasteiger partial charge in [-0.25, -0.2) is 9.78 Å². The number of fused-ring (bicyclic) bond motifs is 1. The molecule has 0 fully saturated rings. The number of benzene rings is 1. The van der Waals surface area contributed by atoms with Gasteiger partial charge in [0.15, 0.2) is 0 Å². The molecule has 1 aromatic carbocycles. The van der Waals surface area contributed by atoms with E-state index in [-0.39, 0.29) is 12.4 Å². The molecule has 0 atom stereocenters. The van der Waals surface area contributed by atoms with Gasteiger partial charge >= 0.3 is 5.97 Å². The number of ether oxygens (including phenoxy) is 1. The molecule has 4 heterocycles. The van der Waals surface area contributed by atoms with Gasteiger partial charge in [0.05, 0.1) is 60.2 Å². The Labute approximate surface area is 176 Å². The summed E-state index contributed by atoms with van der Waals surface area (Å²) in [6, 6.07) is 13.4. The number of nitrogens with zero attached hydrogens (tertiary/aromatic N) is 3. The van der Waals surface area contributed by atoms with E-state index in [0.29, 0.717) is 28.7 Å². The second-order valence-corrected chi connectivity index (χ2v) is 7.27. The summed E-state index contributed by atoms with van der Waals surface area (Å²) in [5, 5.41) is 5.34. The summed E-state index contributed by atoms with van der Waals surface area (Å²) in [4.78, 5) is 20.8. The fraction of sp³-hybridized carbons (Fsp3) is 0.136. The van der Waals surface area contributed by atoms with Crippen LogP contribution in [0.2, 0.25) is 5.02 Å². The summed E-state index contributed by atoms with van der Waals surface area (Å²) in [5.41, 5.74) is 4.81. The molecule has 0 unspecified atom stereocenters. The van der Waals surface area contributed by atoms with E-state index >= 15 is 0 Å². The van der Waals surface area contributed by atoms with Crippen LogP contribution in [0.15, 0.2) is 64.6 Å². The van der Waals surface area contributed by atoms with Crippen molar-refractivity contribution in [2.45, 2.75) is 13.0 Å². The summed E-state index contributed by atoms with van der Waals surface area (Å²) in [5.74, 6) is 0.239. The third kappa shape index (κ3) is 3.23. The van der Waals surface area contributed by atoms with E-state index in [1.54, 1.807) is 19.6 Å². The first kappa shape index (κ1) is 18.4. The van der Waals surface area contributed by atoms with E-state index in [9.17, 15) is 4.79 Å². The van der Waals surface area contributed by atoms with Crippen LogP contribution in [0.1, 0.15) is 17.8 Å². The maximum atomic E-state index is 11.4. The number of carbonyl (C=O) groups is 1. The molecule has 5 rings (SSSR count). The van der Waals surface area contributed by atoms with Gasteiger partial charge in [0.2, 0.25) is 0 Å². The predicted molar refractivity (Wildman–Crippen MR) is 112 cm³/mol. The van der Waals surface area contributed by atoms with Crippen LogP contribution in [0.5, 0.6) is 5.75 Å². The first-order chi connectivity index (χ1) is 14.6. The molecule has 150 valence electrons. The maximum absolute atomic E-state index is 11.4. The van der Waals surface area contributed by atoms with Crippen molar-refractivity contribution >= 4 is 34.2 Å². The topological polar surface area (TPSA) is 78.9 Å². The zero-order valence-electron chi connectivity index (χ0n) is 16.0. The van der Waals surface area contributed by atoms with E-state index in [1.165, 1.54) is 0 Å². The van der Waals surface area contributed by atoms with Gasteiger partial charge in [-0.2, -0.15) is 0 Å². The number of pyridine rings is 1. The highest BCUT2D eigenvalue weighted by Crippen LogP contribution is 2.35. The summed E-state index contributed by atoms with van der Waals surface area (Å²) in [6.07, 6.45) is 3.46. The van der Waals surface area contributed by atoms with Gasteiger partial charge in [-0.15, -0.1) is 0 Å². The minimum absolute atomic E-state index is 0.124. The summed E-state index contributed by atoms with van der Waals surface area (Å²) >= 11 is 6.40. The molecule has 0 amide bonds. The number of hydrogen-bond donors (Lipinski definition) is 0. The van der Waals surface area contributed by atoms with Crippen LogP contribution in [0.3, 0.4) is 0 Å². The summed E-state index contributed by atoms with van der Waals surface area (Å²) in [7, 11) is 1.59. The molecule has 30 heavy (non-hydrogen) atoms. The Bertz CT molecular complexity index is 1290. The molecule has 4 aromatic rings. The molecule has 8 heteroatoms. The van der Waals surface area contributed by atoms with Crippen molar-refractivity contribution in [3.63, 3.8) is 0 Å². The third-order valence-electron chi connectivity index (χ3n) is 4.98. The maximum Gasteiger partial charge on any atom is 0.341 e. The fourth-order valence-corrected chi connectivity index (χ4v) is 3.81. The number of aromatic nitrogens is 2. The molecular formula is C22H16ClN3O4. The Morgan fingerprint density at radius 1 is 1.23 bits per heavy atom. The molecule has 1 aliphatic rings. The molecule has 1 aliphatic heterocycles. The Hall–Kier alpha value is -3.58. The smallest absolute Gasteiger partial charge is 0.341 e. The number of methoxy groups -OCH3 is 1. The summed E-state index contributed by atoms with van der Waals surface area (Å²) < 4.78 is 12.8. The lowest BCUT2D eigenvalue weighted by Gasteiger charge is -2.11. The van der Waals surface area contributed by atoms with Gasteiger partial charge in [0, 0.05) is 10.9 Å². The SMILES string of the molecule is COc1cc2cc(-c3ccoc3)n(Cc3cccc(C4=NOC(=O)C4)n3)c2cc1Cl. The van der Waals surface area contributed by atoms with Crippen molar-refractivity contribution in [2.24, 2.45) is 5.16 Å². The van der Waals surface area contributed by atoms with Crippen LogP contribution < -0.4 is 4.74 Å². The van der Waals surface area contributed by atoms with Gasteiger partial charge in [-0.05, 0) is 36.4 Å². The first-order valence-electron chi connectivity index (χ1n) is 9.25. The lowest BCUT2D eigenvalue weighted by Crippen LogP contribution is -2.08. The number of furan rings is 1. The number of carbonyl (C=O) groups excluding carboxylic acids is 1. The lowest BCUT2D eigenvalue weighted by molar-refractivity contribution is -0.140. The number of hydrogen-bond acceptors (Lipinski definition) is 6. The molecule has 0 spiro atoms. The van der Waals surface area contributed by atoms with E-state index in [4.69, 9.17) is 25.6 Å². The number of halogens is 1. The largest absolute Gasteiger partial charge is 0.495 e. The molecule has 0 aliphatic carbocycles. The molecule has 0 N–H and O–H groups in total. The first-order valence-corrected chi connectivity index (χ1v) is 9.62. The van der Waals surface area contributed by atoms with E-state index in [0.717, 1.165) is 27.9 Å². The Morgan fingerprint density at radius 2 is 2.13 bits per heavy atom. The lowest BCUT2D eigenvalue weighted by atomic mass is 10.2. The normalized spacial score (nSPS) is 13.5. The van der Waals surface area contributed by atoms with Gasteiger partial charge in [-0.1, -0.05) is 22.8 Å². The van der Waals surface area contributed by atoms with Gasteiger partial charge < -0.3 is 18.6 Å². The average molecular weight is 422 g/mol. The van der Waals surface area contributed by atoms with E-state index in [2.05, 4.69) is 20.8 Å². The van der Waals surface area contributed by atoms with Crippen molar-refractivity contribution < 1.29 is 18.8 Å². The highest BCUT2D eigenvalue weighted by Gasteiger charge is 2.21. The molecule has 0 radical (unpaired) electrons. The monoisotopic (exact) mass is 421 g/mol. The van der Waals surface area contributed by atoms with Gasteiger partial charge in [-0.3, -0.25) is 0 Å². The van der Waals surface area contributed by atoms with Crippen LogP contribution in [0, 0.1) is 0 Å². The van der Waals surface area contributed by atoms with E-state index in [1.807, 2.05) is 36.4 Å². The zero-order chi connectivity index (χ0) is 20.7. The Balaban J connectivity index is 1.61. The molecule has 0 saturated carbocycles. The minimum atomic E-state index is -0.376. The van der Waals surface area contributed by atoms with Crippen LogP contribution in [-0.4, -0.2) is 28.3 Å². The molecule has 7 nitrogen and oxygen atoms in total. The highest BCUT2D eigenvalue weighted by molar-refractivity contribution is 6.32. The second-order valence-electron chi connectivity index (χ2n) is 6.87. The summed E-state index contributed by atoms with van der Waals surface area (Å²) in [6.45, 7) is 0.489. The minimum Gasteiger partial charge on any atom is -0.495 e. The van der Waals surface area contributed by atoms with Crippen LogP contribution in [0.4, 0.5) is 0 Å². The van der Waals surface area contributed by atoms with Crippen molar-refractivity contribution in [1.82, 2.24) is 9.55 Å². The van der Waals surface area contributed by atoms with Gasteiger partial charge in [0.1, 0.15) is 11.5 Å². The van der Waals surface area contributed by atoms with Crippen molar-refractivity contribution in [1.29, 1.82) is 0 Å².